The zero-order valence-electron chi connectivity index (χ0n) is 18.8. The van der Waals surface area contributed by atoms with Gasteiger partial charge in [-0.2, -0.15) is 0 Å². The molecule has 6 heterocycles. The highest BCUT2D eigenvalue weighted by atomic mass is 16.5. The molecule has 0 aromatic carbocycles. The number of rotatable bonds is 4. The summed E-state index contributed by atoms with van der Waals surface area (Å²) >= 11 is 0. The molecule has 6 atom stereocenters. The highest BCUT2D eigenvalue weighted by Gasteiger charge is 2.36. The fourth-order valence-corrected chi connectivity index (χ4v) is 4.53. The van der Waals surface area contributed by atoms with Crippen LogP contribution in [0.25, 0.3) is 22.3 Å². The molecule has 14 heteroatoms. The molecule has 2 aliphatic heterocycles. The summed E-state index contributed by atoms with van der Waals surface area (Å²) in [5, 5.41) is 38.9. The van der Waals surface area contributed by atoms with Gasteiger partial charge in [-0.25, -0.2) is 29.9 Å². The summed E-state index contributed by atoms with van der Waals surface area (Å²) in [6.07, 6.45) is 2.46. The van der Waals surface area contributed by atoms with Crippen molar-refractivity contribution in [1.82, 2.24) is 39.0 Å². The van der Waals surface area contributed by atoms with Gasteiger partial charge in [-0.05, 0) is 11.8 Å². The van der Waals surface area contributed by atoms with Gasteiger partial charge in [0.05, 0.1) is 38.1 Å². The molecule has 0 aliphatic carbocycles. The molecular formula is C22H22N8O6. The predicted molar refractivity (Wildman–Crippen MR) is 120 cm³/mol. The molecule has 4 aromatic rings. The van der Waals surface area contributed by atoms with Crippen LogP contribution in [0.1, 0.15) is 36.7 Å². The summed E-state index contributed by atoms with van der Waals surface area (Å²) in [4.78, 5) is 25.9. The van der Waals surface area contributed by atoms with Gasteiger partial charge in [0.2, 0.25) is 0 Å². The van der Waals surface area contributed by atoms with E-state index in [9.17, 15) is 20.4 Å². The average Bonchev–Trinajstić information content (AvgIpc) is 3.66. The van der Waals surface area contributed by atoms with Crippen molar-refractivity contribution >= 4 is 22.3 Å². The van der Waals surface area contributed by atoms with Crippen molar-refractivity contribution < 1.29 is 29.9 Å². The van der Waals surface area contributed by atoms with Crippen LogP contribution in [0.2, 0.25) is 0 Å². The summed E-state index contributed by atoms with van der Waals surface area (Å²) in [6, 6.07) is 0. The van der Waals surface area contributed by atoms with E-state index in [0.29, 0.717) is 46.6 Å². The molecule has 2 fully saturated rings. The van der Waals surface area contributed by atoms with E-state index in [-0.39, 0.29) is 13.2 Å². The monoisotopic (exact) mass is 494 g/mol. The van der Waals surface area contributed by atoms with E-state index in [1.165, 1.54) is 12.7 Å². The van der Waals surface area contributed by atoms with Crippen LogP contribution in [0.3, 0.4) is 0 Å². The number of ether oxygens (including phenoxy) is 2. The van der Waals surface area contributed by atoms with Crippen LogP contribution >= 0.6 is 0 Å². The van der Waals surface area contributed by atoms with Gasteiger partial charge in [0, 0.05) is 12.8 Å². The summed E-state index contributed by atoms with van der Waals surface area (Å²) < 4.78 is 14.8. The van der Waals surface area contributed by atoms with Crippen molar-refractivity contribution in [2.45, 2.75) is 49.7 Å². The molecule has 4 N–H and O–H groups in total. The van der Waals surface area contributed by atoms with Crippen LogP contribution < -0.4 is 0 Å². The Kier molecular flexibility index (Phi) is 5.80. The maximum atomic E-state index is 10.1. The SMILES string of the molecule is OC[C@H]1O[C@@H](n2cnc3c(C#Cc4ncnc5c4ncn5[C@H]4C[C@H](O)[C@@H](CO)O4)ncnc32)C[C@@H]1O. The van der Waals surface area contributed by atoms with Crippen molar-refractivity contribution in [1.29, 1.82) is 0 Å². The lowest BCUT2D eigenvalue weighted by Gasteiger charge is -2.13. The van der Waals surface area contributed by atoms with E-state index in [0.717, 1.165) is 0 Å². The molecule has 4 aromatic heterocycles. The van der Waals surface area contributed by atoms with E-state index in [2.05, 4.69) is 41.7 Å². The standard InChI is InChI=1S/C22H22N8O6/c31-5-15-13(33)3-17(35-15)29-9-27-19-11(23-7-25-21(19)29)1-2-12-20-22(26-8-24-12)30(10-28-20)18-4-14(34)16(6-32)36-18/h7-10,13-18,31-34H,3-6H2/t13-,14-,15+,16+,17+,18+/m0/s1. The molecule has 6 rings (SSSR count). The van der Waals surface area contributed by atoms with E-state index in [1.807, 2.05) is 0 Å². The molecule has 2 aliphatic rings. The molecule has 36 heavy (non-hydrogen) atoms. The summed E-state index contributed by atoms with van der Waals surface area (Å²) in [5.74, 6) is 5.96. The quantitative estimate of drug-likeness (QED) is 0.245. The van der Waals surface area contributed by atoms with Crippen molar-refractivity contribution in [3.8, 4) is 11.8 Å². The van der Waals surface area contributed by atoms with E-state index in [4.69, 9.17) is 9.47 Å². The number of hydrogen-bond donors (Lipinski definition) is 4. The predicted octanol–water partition coefficient (Wildman–Crippen LogP) is -1.35. The van der Waals surface area contributed by atoms with Crippen molar-refractivity contribution in [2.75, 3.05) is 13.2 Å². The Morgan fingerprint density at radius 2 is 1.17 bits per heavy atom. The smallest absolute Gasteiger partial charge is 0.166 e. The van der Waals surface area contributed by atoms with E-state index in [1.54, 1.807) is 21.8 Å². The topological polar surface area (TPSA) is 187 Å². The minimum absolute atomic E-state index is 0.283. The van der Waals surface area contributed by atoms with Crippen molar-refractivity contribution in [2.24, 2.45) is 0 Å². The maximum Gasteiger partial charge on any atom is 0.166 e. The summed E-state index contributed by atoms with van der Waals surface area (Å²) in [6.45, 7) is -0.566. The lowest BCUT2D eigenvalue weighted by Crippen LogP contribution is -2.24. The van der Waals surface area contributed by atoms with Crippen LogP contribution in [-0.4, -0.2) is 97.1 Å². The Morgan fingerprint density at radius 1 is 0.722 bits per heavy atom. The van der Waals surface area contributed by atoms with Crippen LogP contribution in [-0.2, 0) is 9.47 Å². The minimum atomic E-state index is -0.786. The molecule has 0 saturated carbocycles. The van der Waals surface area contributed by atoms with Gasteiger partial charge in [0.1, 0.15) is 59.7 Å². The van der Waals surface area contributed by atoms with Crippen LogP contribution in [0, 0.1) is 11.8 Å². The third kappa shape index (κ3) is 3.78. The Hall–Kier alpha value is -3.58. The zero-order chi connectivity index (χ0) is 24.8. The largest absolute Gasteiger partial charge is 0.394 e. The number of aliphatic hydroxyl groups is 4. The third-order valence-electron chi connectivity index (χ3n) is 6.41. The van der Waals surface area contributed by atoms with E-state index < -0.39 is 36.9 Å². The molecule has 0 unspecified atom stereocenters. The number of nitrogens with zero attached hydrogens (tertiary/aromatic N) is 8. The Balaban J connectivity index is 1.31. The Bertz CT molecular complexity index is 1370. The average molecular weight is 494 g/mol. The number of aliphatic hydroxyl groups excluding tert-OH is 4. The molecule has 0 radical (unpaired) electrons. The highest BCUT2D eigenvalue weighted by molar-refractivity contribution is 5.79. The molecule has 0 amide bonds. The molecular weight excluding hydrogens is 472 g/mol. The van der Waals surface area contributed by atoms with Gasteiger partial charge in [-0.1, -0.05) is 0 Å². The zero-order valence-corrected chi connectivity index (χ0v) is 18.8. The van der Waals surface area contributed by atoms with Crippen LogP contribution in [0.15, 0.2) is 25.3 Å². The second-order valence-corrected chi connectivity index (χ2v) is 8.57. The number of fused-ring (bicyclic) bond motifs is 2. The molecule has 0 spiro atoms. The minimum Gasteiger partial charge on any atom is -0.394 e. The maximum absolute atomic E-state index is 10.1. The Morgan fingerprint density at radius 3 is 1.56 bits per heavy atom. The number of imidazole rings is 2. The first kappa shape index (κ1) is 22.9. The first-order valence-corrected chi connectivity index (χ1v) is 11.3. The number of aromatic nitrogens is 8. The van der Waals surface area contributed by atoms with Crippen molar-refractivity contribution in [3.63, 3.8) is 0 Å². The van der Waals surface area contributed by atoms with Crippen LogP contribution in [0.5, 0.6) is 0 Å². The summed E-state index contributed by atoms with van der Waals surface area (Å²) in [5.41, 5.74) is 2.62. The molecule has 14 nitrogen and oxygen atoms in total. The molecule has 186 valence electrons. The normalized spacial score (nSPS) is 28.1. The second kappa shape index (κ2) is 9.13. The summed E-state index contributed by atoms with van der Waals surface area (Å²) in [7, 11) is 0. The fourth-order valence-electron chi connectivity index (χ4n) is 4.53. The van der Waals surface area contributed by atoms with Gasteiger partial charge in [-0.15, -0.1) is 0 Å². The third-order valence-corrected chi connectivity index (χ3v) is 6.41. The lowest BCUT2D eigenvalue weighted by molar-refractivity contribution is -0.0432. The van der Waals surface area contributed by atoms with Gasteiger partial charge in [-0.3, -0.25) is 9.13 Å². The fraction of sp³-hybridized carbons (Fsp3) is 0.455. The first-order chi connectivity index (χ1) is 17.6. The van der Waals surface area contributed by atoms with Gasteiger partial charge in [0.25, 0.3) is 0 Å². The molecule has 0 bridgehead atoms. The van der Waals surface area contributed by atoms with E-state index >= 15 is 0 Å². The lowest BCUT2D eigenvalue weighted by atomic mass is 10.2. The highest BCUT2D eigenvalue weighted by Crippen LogP contribution is 2.32. The van der Waals surface area contributed by atoms with Gasteiger partial charge < -0.3 is 29.9 Å². The van der Waals surface area contributed by atoms with Crippen molar-refractivity contribution in [3.05, 3.63) is 36.7 Å². The first-order valence-electron chi connectivity index (χ1n) is 11.3. The van der Waals surface area contributed by atoms with Gasteiger partial charge >= 0.3 is 0 Å². The van der Waals surface area contributed by atoms with Crippen LogP contribution in [0.4, 0.5) is 0 Å². The molecule has 2 saturated heterocycles. The second-order valence-electron chi connectivity index (χ2n) is 8.57. The number of hydrogen-bond acceptors (Lipinski definition) is 12. The Labute approximate surface area is 203 Å². The van der Waals surface area contributed by atoms with Gasteiger partial charge in [0.15, 0.2) is 11.3 Å².